The van der Waals surface area contributed by atoms with Gasteiger partial charge in [-0.1, -0.05) is 0 Å². The highest BCUT2D eigenvalue weighted by atomic mass is 19.3. The molecule has 7 nitrogen and oxygen atoms in total. The lowest BCUT2D eigenvalue weighted by molar-refractivity contribution is -0.207. The maximum Gasteiger partial charge on any atom is 0.351 e. The largest absolute Gasteiger partial charge is 0.390 e. The van der Waals surface area contributed by atoms with Crippen LogP contribution in [0.15, 0.2) is 17.1 Å². The van der Waals surface area contributed by atoms with Crippen molar-refractivity contribution in [3.63, 3.8) is 0 Å². The summed E-state index contributed by atoms with van der Waals surface area (Å²) in [6.45, 7) is -1.49. The molecule has 0 aromatic carbocycles. The molecule has 4 N–H and O–H groups in total. The van der Waals surface area contributed by atoms with Gasteiger partial charge >= 0.3 is 11.6 Å². The number of hydrogen-bond donors (Lipinski definition) is 3. The molecule has 2 heterocycles. The van der Waals surface area contributed by atoms with E-state index in [1.165, 1.54) is 0 Å². The van der Waals surface area contributed by atoms with Gasteiger partial charge in [-0.05, 0) is 6.07 Å². The summed E-state index contributed by atoms with van der Waals surface area (Å²) < 4.78 is 45.7. The molecule has 1 fully saturated rings. The van der Waals surface area contributed by atoms with Crippen molar-refractivity contribution in [2.45, 2.75) is 24.1 Å². The minimum atomic E-state index is -4.13. The number of nitrogens with two attached hydrogens (primary N) is 1. The second-order valence-corrected chi connectivity index (χ2v) is 4.03. The van der Waals surface area contributed by atoms with E-state index in [2.05, 4.69) is 9.72 Å². The van der Waals surface area contributed by atoms with Gasteiger partial charge in [0.05, 0.1) is 0 Å². The third-order valence-corrected chi connectivity index (χ3v) is 2.73. The van der Waals surface area contributed by atoms with Gasteiger partial charge in [0.15, 0.2) is 6.10 Å². The number of ether oxygens (including phenoxy) is 1. The quantitative estimate of drug-likeness (QED) is 0.642. The molecule has 3 atom stereocenters. The summed E-state index contributed by atoms with van der Waals surface area (Å²) in [7, 11) is 0. The van der Waals surface area contributed by atoms with Crippen molar-refractivity contribution in [2.24, 2.45) is 0 Å². The first-order valence-corrected chi connectivity index (χ1v) is 5.10. The summed E-state index contributed by atoms with van der Waals surface area (Å²) in [6, 6.07) is 1.03. The monoisotopic (exact) mass is 281 g/mol. The zero-order valence-corrected chi connectivity index (χ0v) is 9.33. The van der Waals surface area contributed by atoms with Gasteiger partial charge in [0.1, 0.15) is 12.4 Å². The normalized spacial score (nSPS) is 33.5. The average Bonchev–Trinajstić information content (AvgIpc) is 2.51. The van der Waals surface area contributed by atoms with Gasteiger partial charge in [0.2, 0.25) is 6.23 Å². The number of anilines is 1. The molecular formula is C9H10F3N3O4. The number of nitrogens with zero attached hydrogens (tertiary/aromatic N) is 2. The van der Waals surface area contributed by atoms with Crippen molar-refractivity contribution in [1.82, 2.24) is 9.55 Å². The van der Waals surface area contributed by atoms with Gasteiger partial charge in [-0.2, -0.15) is 13.8 Å². The summed E-state index contributed by atoms with van der Waals surface area (Å²) in [5, 5.41) is 17.9. The van der Waals surface area contributed by atoms with Crippen LogP contribution in [-0.2, 0) is 4.74 Å². The molecule has 1 aromatic heterocycles. The van der Waals surface area contributed by atoms with E-state index >= 15 is 0 Å². The number of hydrogen-bond acceptors (Lipinski definition) is 6. The predicted molar refractivity (Wildman–Crippen MR) is 54.9 cm³/mol. The average molecular weight is 281 g/mol. The van der Waals surface area contributed by atoms with E-state index in [1.54, 1.807) is 0 Å². The topological polar surface area (TPSA) is 111 Å². The Labute approximate surface area is 104 Å². The maximum atomic E-state index is 13.7. The van der Waals surface area contributed by atoms with Crippen LogP contribution in [0.1, 0.15) is 6.23 Å². The van der Waals surface area contributed by atoms with Crippen molar-refractivity contribution in [3.8, 4) is 0 Å². The lowest BCUT2D eigenvalue weighted by Gasteiger charge is -2.20. The van der Waals surface area contributed by atoms with E-state index in [1.807, 2.05) is 0 Å². The van der Waals surface area contributed by atoms with Crippen LogP contribution in [0.5, 0.6) is 0 Å². The fraction of sp³-hybridized carbons (Fsp3) is 0.556. The molecule has 0 bridgehead atoms. The molecule has 106 valence electrons. The summed E-state index contributed by atoms with van der Waals surface area (Å²) in [5.74, 6) is -7.70. The second kappa shape index (κ2) is 4.18. The predicted octanol–water partition coefficient (Wildman–Crippen LogP) is -0.991. The minimum absolute atomic E-state index is 0.211. The molecule has 1 aliphatic heterocycles. The molecule has 1 unspecified atom stereocenters. The number of aliphatic hydroxyl groups is 2. The Bertz CT molecular complexity index is 552. The fourth-order valence-corrected chi connectivity index (χ4v) is 1.72. The van der Waals surface area contributed by atoms with E-state index in [4.69, 9.17) is 10.8 Å². The van der Waals surface area contributed by atoms with Crippen LogP contribution in [0, 0.1) is 0 Å². The smallest absolute Gasteiger partial charge is 0.351 e. The van der Waals surface area contributed by atoms with Crippen LogP contribution < -0.4 is 11.4 Å². The van der Waals surface area contributed by atoms with E-state index in [-0.39, 0.29) is 10.4 Å². The molecule has 2 rings (SSSR count). The molecule has 0 radical (unpaired) electrons. The van der Waals surface area contributed by atoms with Crippen molar-refractivity contribution in [2.75, 3.05) is 12.3 Å². The first-order valence-electron chi connectivity index (χ1n) is 5.10. The molecule has 1 aromatic rings. The number of halogens is 3. The van der Waals surface area contributed by atoms with Gasteiger partial charge in [-0.15, -0.1) is 0 Å². The lowest BCUT2D eigenvalue weighted by atomic mass is 10.1. The SMILES string of the molecule is Nc1ccn([C@@H]2O[C@](F)(CO)C(O)C2(F)F)c(=O)n1. The second-order valence-electron chi connectivity index (χ2n) is 4.03. The summed E-state index contributed by atoms with van der Waals surface area (Å²) in [4.78, 5) is 14.6. The highest BCUT2D eigenvalue weighted by molar-refractivity contribution is 5.23. The molecule has 1 aliphatic rings. The van der Waals surface area contributed by atoms with Gasteiger partial charge in [0, 0.05) is 6.20 Å². The maximum absolute atomic E-state index is 13.7. The van der Waals surface area contributed by atoms with E-state index < -0.39 is 36.4 Å². The van der Waals surface area contributed by atoms with Gasteiger partial charge < -0.3 is 20.7 Å². The standard InChI is InChI=1S/C9H10F3N3O4/c10-8(3-16)5(17)9(11,12)6(19-8)15-2-1-4(13)14-7(15)18/h1-2,5-6,16-17H,3H2,(H2,13,14,18)/t5?,6-,8-/m1/s1. The highest BCUT2D eigenvalue weighted by Crippen LogP contribution is 2.47. The van der Waals surface area contributed by atoms with Crippen LogP contribution in [-0.4, -0.2) is 44.3 Å². The number of rotatable bonds is 2. The molecule has 19 heavy (non-hydrogen) atoms. The number of nitrogen functional groups attached to an aromatic ring is 1. The molecule has 1 saturated heterocycles. The van der Waals surface area contributed by atoms with Crippen LogP contribution >= 0.6 is 0 Å². The third-order valence-electron chi connectivity index (χ3n) is 2.73. The molecule has 0 amide bonds. The zero-order chi connectivity index (χ0) is 14.4. The van der Waals surface area contributed by atoms with Crippen molar-refractivity contribution in [3.05, 3.63) is 22.7 Å². The Kier molecular flexibility index (Phi) is 3.03. The van der Waals surface area contributed by atoms with Crippen molar-refractivity contribution in [1.29, 1.82) is 0 Å². The van der Waals surface area contributed by atoms with Crippen LogP contribution in [0.3, 0.4) is 0 Å². The molecule has 0 aliphatic carbocycles. The Morgan fingerprint density at radius 1 is 1.53 bits per heavy atom. The molecular weight excluding hydrogens is 271 g/mol. The Morgan fingerprint density at radius 2 is 2.16 bits per heavy atom. The zero-order valence-electron chi connectivity index (χ0n) is 9.33. The highest BCUT2D eigenvalue weighted by Gasteiger charge is 2.68. The van der Waals surface area contributed by atoms with E-state index in [9.17, 15) is 23.1 Å². The third kappa shape index (κ3) is 1.97. The summed E-state index contributed by atoms with van der Waals surface area (Å²) in [5.41, 5.74) is 3.99. The molecule has 0 spiro atoms. The minimum Gasteiger partial charge on any atom is -0.390 e. The Balaban J connectivity index is 2.48. The van der Waals surface area contributed by atoms with E-state index in [0.717, 1.165) is 12.3 Å². The van der Waals surface area contributed by atoms with Crippen molar-refractivity contribution < 1.29 is 28.1 Å². The first-order chi connectivity index (χ1) is 8.72. The van der Waals surface area contributed by atoms with Crippen LogP contribution in [0.2, 0.25) is 0 Å². The van der Waals surface area contributed by atoms with Gasteiger partial charge in [-0.25, -0.2) is 9.18 Å². The number of alkyl halides is 3. The van der Waals surface area contributed by atoms with Crippen LogP contribution in [0.4, 0.5) is 19.0 Å². The molecule has 10 heteroatoms. The molecule has 0 saturated carbocycles. The fourth-order valence-electron chi connectivity index (χ4n) is 1.72. The van der Waals surface area contributed by atoms with E-state index in [0.29, 0.717) is 0 Å². The number of aromatic nitrogens is 2. The lowest BCUT2D eigenvalue weighted by Crippen LogP contribution is -2.46. The van der Waals surface area contributed by atoms with Crippen molar-refractivity contribution >= 4 is 5.82 Å². The van der Waals surface area contributed by atoms with Gasteiger partial charge in [-0.3, -0.25) is 4.57 Å². The van der Waals surface area contributed by atoms with Gasteiger partial charge in [0.25, 0.3) is 5.85 Å². The first kappa shape index (κ1) is 13.8. The summed E-state index contributed by atoms with van der Waals surface area (Å²) >= 11 is 0. The van der Waals surface area contributed by atoms with Crippen LogP contribution in [0.25, 0.3) is 0 Å². The summed E-state index contributed by atoms with van der Waals surface area (Å²) in [6.07, 6.45) is -4.52. The Hall–Kier alpha value is -1.65. The Morgan fingerprint density at radius 3 is 2.63 bits per heavy atom. The number of aliphatic hydroxyl groups excluding tert-OH is 2.